The summed E-state index contributed by atoms with van der Waals surface area (Å²) in [6.45, 7) is 0. The van der Waals surface area contributed by atoms with Crippen molar-refractivity contribution in [2.75, 3.05) is 5.32 Å². The van der Waals surface area contributed by atoms with Crippen LogP contribution in [-0.4, -0.2) is 4.98 Å². The molecule has 0 aliphatic rings. The van der Waals surface area contributed by atoms with E-state index in [9.17, 15) is 5.26 Å². The van der Waals surface area contributed by atoms with Crippen LogP contribution >= 0.6 is 38.9 Å². The average Bonchev–Trinajstić information content (AvgIpc) is 3.07. The van der Waals surface area contributed by atoms with Crippen molar-refractivity contribution in [3.63, 3.8) is 0 Å². The maximum atomic E-state index is 9.42. The Labute approximate surface area is 157 Å². The van der Waals surface area contributed by atoms with Crippen molar-refractivity contribution in [2.45, 2.75) is 0 Å². The van der Waals surface area contributed by atoms with Gasteiger partial charge in [-0.3, -0.25) is 0 Å². The second-order valence-corrected chi connectivity index (χ2v) is 7.02. The summed E-state index contributed by atoms with van der Waals surface area (Å²) >= 11 is 11.0. The molecule has 3 rings (SSSR count). The van der Waals surface area contributed by atoms with Crippen molar-refractivity contribution in [1.82, 2.24) is 4.98 Å². The van der Waals surface area contributed by atoms with Crippen LogP contribution in [0, 0.1) is 11.3 Å². The summed E-state index contributed by atoms with van der Waals surface area (Å²) in [4.78, 5) is 4.56. The summed E-state index contributed by atoms with van der Waals surface area (Å²) in [7, 11) is 0. The number of nitrogens with zero attached hydrogens (tertiary/aromatic N) is 2. The maximum Gasteiger partial charge on any atom is 0.136 e. The molecule has 6 heteroatoms. The van der Waals surface area contributed by atoms with E-state index < -0.39 is 0 Å². The summed E-state index contributed by atoms with van der Waals surface area (Å²) in [5.74, 6) is 0. The molecule has 3 aromatic rings. The Bertz CT molecular complexity index is 943. The Morgan fingerprint density at radius 1 is 1.25 bits per heavy atom. The molecule has 0 atom stereocenters. The summed E-state index contributed by atoms with van der Waals surface area (Å²) in [5, 5.41) is 15.7. The zero-order valence-corrected chi connectivity index (χ0v) is 15.5. The van der Waals surface area contributed by atoms with Gasteiger partial charge < -0.3 is 5.32 Å². The first-order chi connectivity index (χ1) is 11.7. The standard InChI is InChI=1S/C18H11BrClN3S/c19-14-5-3-4-12(8-14)17-11-24-18(23-17)13(9-21)10-22-16-7-2-1-6-15(16)20/h1-8,10-11,22H/b13-10+. The van der Waals surface area contributed by atoms with Gasteiger partial charge in [0.2, 0.25) is 0 Å². The Morgan fingerprint density at radius 3 is 2.83 bits per heavy atom. The van der Waals surface area contributed by atoms with Gasteiger partial charge in [0.05, 0.1) is 16.4 Å². The summed E-state index contributed by atoms with van der Waals surface area (Å²) in [6, 6.07) is 17.5. The zero-order chi connectivity index (χ0) is 16.9. The van der Waals surface area contributed by atoms with Crippen LogP contribution in [0.2, 0.25) is 5.02 Å². The summed E-state index contributed by atoms with van der Waals surface area (Å²) < 4.78 is 0.992. The molecule has 0 bridgehead atoms. The van der Waals surface area contributed by atoms with Crippen LogP contribution in [0.15, 0.2) is 64.6 Å². The third-order valence-corrected chi connectivity index (χ3v) is 4.92. The topological polar surface area (TPSA) is 48.7 Å². The first-order valence-electron chi connectivity index (χ1n) is 7.00. The van der Waals surface area contributed by atoms with E-state index in [4.69, 9.17) is 11.6 Å². The van der Waals surface area contributed by atoms with Gasteiger partial charge in [-0.25, -0.2) is 4.98 Å². The lowest BCUT2D eigenvalue weighted by atomic mass is 10.2. The molecule has 0 unspecified atom stereocenters. The summed E-state index contributed by atoms with van der Waals surface area (Å²) in [5.41, 5.74) is 3.05. The van der Waals surface area contributed by atoms with Crippen LogP contribution in [0.4, 0.5) is 5.69 Å². The minimum Gasteiger partial charge on any atom is -0.359 e. The highest BCUT2D eigenvalue weighted by atomic mass is 79.9. The second kappa shape index (κ2) is 7.63. The fourth-order valence-corrected chi connectivity index (χ4v) is 3.43. The van der Waals surface area contributed by atoms with Gasteiger partial charge in [0.1, 0.15) is 16.6 Å². The predicted molar refractivity (Wildman–Crippen MR) is 104 cm³/mol. The molecular formula is C18H11BrClN3S. The average molecular weight is 417 g/mol. The Morgan fingerprint density at radius 2 is 2.08 bits per heavy atom. The van der Waals surface area contributed by atoms with Crippen LogP contribution in [0.3, 0.4) is 0 Å². The molecule has 1 aromatic heterocycles. The molecule has 3 nitrogen and oxygen atoms in total. The first kappa shape index (κ1) is 16.7. The monoisotopic (exact) mass is 415 g/mol. The smallest absolute Gasteiger partial charge is 0.136 e. The normalized spacial score (nSPS) is 11.1. The molecule has 118 valence electrons. The number of hydrogen-bond acceptors (Lipinski definition) is 4. The number of aromatic nitrogens is 1. The van der Waals surface area contributed by atoms with Crippen molar-refractivity contribution < 1.29 is 0 Å². The highest BCUT2D eigenvalue weighted by molar-refractivity contribution is 9.10. The van der Waals surface area contributed by atoms with Crippen molar-refractivity contribution in [3.8, 4) is 17.3 Å². The van der Waals surface area contributed by atoms with Crippen molar-refractivity contribution in [3.05, 3.63) is 74.6 Å². The van der Waals surface area contributed by atoms with Crippen LogP contribution in [0.5, 0.6) is 0 Å². The van der Waals surface area contributed by atoms with E-state index in [1.54, 1.807) is 12.3 Å². The van der Waals surface area contributed by atoms with Gasteiger partial charge in [0.15, 0.2) is 0 Å². The van der Waals surface area contributed by atoms with Gasteiger partial charge in [0, 0.05) is 21.6 Å². The van der Waals surface area contributed by atoms with E-state index in [0.717, 1.165) is 21.4 Å². The number of para-hydroxylation sites is 1. The SMILES string of the molecule is N#C/C(=C\Nc1ccccc1Cl)c1nc(-c2cccc(Br)c2)cs1. The predicted octanol–water partition coefficient (Wildman–Crippen LogP) is 6.20. The third-order valence-electron chi connectivity index (χ3n) is 3.22. The molecule has 24 heavy (non-hydrogen) atoms. The Kier molecular flexibility index (Phi) is 5.31. The number of hydrogen-bond donors (Lipinski definition) is 1. The van der Waals surface area contributed by atoms with Crippen LogP contribution in [0.25, 0.3) is 16.8 Å². The van der Waals surface area contributed by atoms with Crippen molar-refractivity contribution in [2.24, 2.45) is 0 Å². The van der Waals surface area contributed by atoms with Gasteiger partial charge in [-0.05, 0) is 24.3 Å². The largest absolute Gasteiger partial charge is 0.359 e. The van der Waals surface area contributed by atoms with Gasteiger partial charge >= 0.3 is 0 Å². The quantitative estimate of drug-likeness (QED) is 0.515. The van der Waals surface area contributed by atoms with Gasteiger partial charge in [-0.1, -0.05) is 51.8 Å². The lowest BCUT2D eigenvalue weighted by molar-refractivity contribution is 1.36. The van der Waals surface area contributed by atoms with Crippen molar-refractivity contribution >= 4 is 50.1 Å². The van der Waals surface area contributed by atoms with E-state index in [1.807, 2.05) is 47.8 Å². The van der Waals surface area contributed by atoms with Crippen LogP contribution in [-0.2, 0) is 0 Å². The van der Waals surface area contributed by atoms with Gasteiger partial charge in [0.25, 0.3) is 0 Å². The molecule has 0 radical (unpaired) electrons. The molecule has 0 saturated heterocycles. The number of nitriles is 1. The number of halogens is 2. The third kappa shape index (κ3) is 3.85. The summed E-state index contributed by atoms with van der Waals surface area (Å²) in [6.07, 6.45) is 1.63. The number of anilines is 1. The maximum absolute atomic E-state index is 9.42. The molecule has 1 heterocycles. The number of nitrogens with one attached hydrogen (secondary N) is 1. The highest BCUT2D eigenvalue weighted by Gasteiger charge is 2.09. The zero-order valence-electron chi connectivity index (χ0n) is 12.3. The van der Waals surface area contributed by atoms with E-state index in [2.05, 4.69) is 32.3 Å². The van der Waals surface area contributed by atoms with Crippen molar-refractivity contribution in [1.29, 1.82) is 5.26 Å². The second-order valence-electron chi connectivity index (χ2n) is 4.84. The minimum atomic E-state index is 0.459. The number of rotatable bonds is 4. The molecular weight excluding hydrogens is 406 g/mol. The number of allylic oxidation sites excluding steroid dienone is 1. The van der Waals surface area contributed by atoms with Gasteiger partial charge in [-0.15, -0.1) is 11.3 Å². The lowest BCUT2D eigenvalue weighted by Crippen LogP contribution is -1.91. The minimum absolute atomic E-state index is 0.459. The number of thiazole rings is 1. The molecule has 0 spiro atoms. The highest BCUT2D eigenvalue weighted by Crippen LogP contribution is 2.28. The molecule has 0 aliphatic carbocycles. The van der Waals surface area contributed by atoms with E-state index >= 15 is 0 Å². The van der Waals surface area contributed by atoms with Crippen LogP contribution < -0.4 is 5.32 Å². The number of benzene rings is 2. The first-order valence-corrected chi connectivity index (χ1v) is 9.05. The fourth-order valence-electron chi connectivity index (χ4n) is 2.05. The Hall–Kier alpha value is -2.13. The van der Waals surface area contributed by atoms with E-state index in [0.29, 0.717) is 15.6 Å². The molecule has 0 aliphatic heterocycles. The van der Waals surface area contributed by atoms with Gasteiger partial charge in [-0.2, -0.15) is 5.26 Å². The molecule has 0 saturated carbocycles. The molecule has 1 N–H and O–H groups in total. The molecule has 2 aromatic carbocycles. The lowest BCUT2D eigenvalue weighted by Gasteiger charge is -2.03. The van der Waals surface area contributed by atoms with Crippen LogP contribution in [0.1, 0.15) is 5.01 Å². The van der Waals surface area contributed by atoms with E-state index in [1.165, 1.54) is 11.3 Å². The fraction of sp³-hybridized carbons (Fsp3) is 0. The molecule has 0 fully saturated rings. The molecule has 0 amide bonds. The Balaban J connectivity index is 1.86. The van der Waals surface area contributed by atoms with E-state index in [-0.39, 0.29) is 0 Å².